The Hall–Kier alpha value is -3.60. The van der Waals surface area contributed by atoms with Crippen LogP contribution < -0.4 is 5.73 Å². The standard InChI is InChI=1S/C24H23N3O2/c1-17-7-9-20(22(25)12-17)14-24(29)23-10-8-19(16-27-23)13-21(28)6-2-4-18-5-3-11-26-15-18/h2-5,7-12,15-16H,6,13-14,25H2,1H3/b4-2+. The summed E-state index contributed by atoms with van der Waals surface area (Å²) in [7, 11) is 0. The van der Waals surface area contributed by atoms with E-state index < -0.39 is 0 Å². The van der Waals surface area contributed by atoms with Gasteiger partial charge < -0.3 is 5.73 Å². The summed E-state index contributed by atoms with van der Waals surface area (Å²) in [5.74, 6) is -0.0173. The predicted octanol–water partition coefficient (Wildman–Crippen LogP) is 4.01. The molecule has 5 nitrogen and oxygen atoms in total. The Bertz CT molecular complexity index is 1030. The monoisotopic (exact) mass is 385 g/mol. The highest BCUT2D eigenvalue weighted by Crippen LogP contribution is 2.16. The molecule has 0 bridgehead atoms. The van der Waals surface area contributed by atoms with Crippen LogP contribution in [0.5, 0.6) is 0 Å². The van der Waals surface area contributed by atoms with Gasteiger partial charge in [0, 0.05) is 43.5 Å². The van der Waals surface area contributed by atoms with E-state index in [-0.39, 0.29) is 24.4 Å². The highest BCUT2D eigenvalue weighted by Gasteiger charge is 2.11. The van der Waals surface area contributed by atoms with Crippen LogP contribution in [0.3, 0.4) is 0 Å². The minimum absolute atomic E-state index is 0.0819. The second kappa shape index (κ2) is 9.55. The van der Waals surface area contributed by atoms with Crippen molar-refractivity contribution < 1.29 is 9.59 Å². The van der Waals surface area contributed by atoms with E-state index in [1.165, 1.54) is 0 Å². The first-order chi connectivity index (χ1) is 14.0. The van der Waals surface area contributed by atoms with Crippen molar-refractivity contribution in [2.45, 2.75) is 26.2 Å². The van der Waals surface area contributed by atoms with Crippen LogP contribution >= 0.6 is 0 Å². The molecule has 29 heavy (non-hydrogen) atoms. The molecule has 2 heterocycles. The number of hydrogen-bond acceptors (Lipinski definition) is 5. The molecule has 0 saturated carbocycles. The van der Waals surface area contributed by atoms with E-state index in [2.05, 4.69) is 9.97 Å². The Labute approximate surface area is 170 Å². The van der Waals surface area contributed by atoms with E-state index >= 15 is 0 Å². The predicted molar refractivity (Wildman–Crippen MR) is 114 cm³/mol. The maximum Gasteiger partial charge on any atom is 0.185 e. The van der Waals surface area contributed by atoms with Crippen LogP contribution in [0.25, 0.3) is 6.08 Å². The van der Waals surface area contributed by atoms with Crippen LogP contribution in [0.15, 0.2) is 67.1 Å². The highest BCUT2D eigenvalue weighted by atomic mass is 16.1. The van der Waals surface area contributed by atoms with Crippen molar-refractivity contribution in [1.82, 2.24) is 9.97 Å². The zero-order chi connectivity index (χ0) is 20.6. The first-order valence-electron chi connectivity index (χ1n) is 9.42. The summed E-state index contributed by atoms with van der Waals surface area (Å²) in [5, 5.41) is 0. The SMILES string of the molecule is Cc1ccc(CC(=O)c2ccc(CC(=O)C/C=C/c3cccnc3)cn2)c(N)c1. The molecule has 0 unspecified atom stereocenters. The van der Waals surface area contributed by atoms with Crippen LogP contribution in [-0.4, -0.2) is 21.5 Å². The number of hydrogen-bond donors (Lipinski definition) is 1. The average Bonchev–Trinajstić information content (AvgIpc) is 2.71. The number of carbonyl (C=O) groups excluding carboxylic acids is 2. The van der Waals surface area contributed by atoms with Gasteiger partial charge in [-0.05, 0) is 47.4 Å². The van der Waals surface area contributed by atoms with Gasteiger partial charge in [-0.1, -0.05) is 36.4 Å². The van der Waals surface area contributed by atoms with Gasteiger partial charge in [-0.25, -0.2) is 0 Å². The second-order valence-corrected chi connectivity index (χ2v) is 6.96. The molecular weight excluding hydrogens is 362 g/mol. The number of Topliss-reactive ketones (excluding diaryl/α,β-unsaturated/α-hetero) is 2. The summed E-state index contributed by atoms with van der Waals surface area (Å²) in [4.78, 5) is 32.9. The Kier molecular flexibility index (Phi) is 6.63. The smallest absolute Gasteiger partial charge is 0.185 e. The van der Waals surface area contributed by atoms with E-state index in [1.54, 1.807) is 30.7 Å². The van der Waals surface area contributed by atoms with E-state index in [4.69, 9.17) is 5.73 Å². The molecule has 0 aliphatic heterocycles. The zero-order valence-corrected chi connectivity index (χ0v) is 16.3. The van der Waals surface area contributed by atoms with Crippen LogP contribution in [0.2, 0.25) is 0 Å². The van der Waals surface area contributed by atoms with E-state index in [0.717, 1.165) is 22.3 Å². The molecule has 0 spiro atoms. The molecule has 0 amide bonds. The molecule has 0 radical (unpaired) electrons. The number of allylic oxidation sites excluding steroid dienone is 1. The number of nitrogens with two attached hydrogens (primary N) is 1. The van der Waals surface area contributed by atoms with Gasteiger partial charge in [0.1, 0.15) is 11.5 Å². The normalized spacial score (nSPS) is 10.9. The minimum Gasteiger partial charge on any atom is -0.398 e. The van der Waals surface area contributed by atoms with Gasteiger partial charge >= 0.3 is 0 Å². The molecule has 5 heteroatoms. The fourth-order valence-electron chi connectivity index (χ4n) is 2.93. The molecule has 0 fully saturated rings. The lowest BCUT2D eigenvalue weighted by Crippen LogP contribution is -2.09. The van der Waals surface area contributed by atoms with Crippen LogP contribution in [-0.2, 0) is 17.6 Å². The molecule has 0 aliphatic carbocycles. The van der Waals surface area contributed by atoms with E-state index in [9.17, 15) is 9.59 Å². The lowest BCUT2D eigenvalue weighted by Gasteiger charge is -2.06. The summed E-state index contributed by atoms with van der Waals surface area (Å²) in [5.41, 5.74) is 10.6. The first kappa shape index (κ1) is 20.1. The Morgan fingerprint density at radius 1 is 1.07 bits per heavy atom. The third-order valence-electron chi connectivity index (χ3n) is 4.50. The topological polar surface area (TPSA) is 85.9 Å². The lowest BCUT2D eigenvalue weighted by atomic mass is 10.0. The molecule has 0 aliphatic rings. The van der Waals surface area contributed by atoms with Crippen molar-refractivity contribution in [2.24, 2.45) is 0 Å². The number of pyridine rings is 2. The molecule has 2 aromatic heterocycles. The highest BCUT2D eigenvalue weighted by molar-refractivity contribution is 5.96. The van der Waals surface area contributed by atoms with E-state index in [1.807, 2.05) is 49.4 Å². The van der Waals surface area contributed by atoms with Crippen LogP contribution in [0, 0.1) is 6.92 Å². The van der Waals surface area contributed by atoms with Crippen molar-refractivity contribution >= 4 is 23.3 Å². The maximum absolute atomic E-state index is 12.5. The first-order valence-corrected chi connectivity index (χ1v) is 9.42. The van der Waals surface area contributed by atoms with Crippen molar-refractivity contribution in [2.75, 3.05) is 5.73 Å². The number of benzene rings is 1. The lowest BCUT2D eigenvalue weighted by molar-refractivity contribution is -0.117. The summed E-state index contributed by atoms with van der Waals surface area (Å²) < 4.78 is 0. The van der Waals surface area contributed by atoms with Crippen molar-refractivity contribution in [1.29, 1.82) is 0 Å². The van der Waals surface area contributed by atoms with Crippen LogP contribution in [0.4, 0.5) is 5.69 Å². The number of carbonyl (C=O) groups is 2. The second-order valence-electron chi connectivity index (χ2n) is 6.96. The number of aromatic nitrogens is 2. The fraction of sp³-hybridized carbons (Fsp3) is 0.167. The Balaban J connectivity index is 1.54. The third-order valence-corrected chi connectivity index (χ3v) is 4.50. The Morgan fingerprint density at radius 3 is 2.62 bits per heavy atom. The maximum atomic E-state index is 12.5. The average molecular weight is 385 g/mol. The van der Waals surface area contributed by atoms with Gasteiger partial charge in [0.05, 0.1) is 0 Å². The molecule has 2 N–H and O–H groups in total. The third kappa shape index (κ3) is 5.94. The van der Waals surface area contributed by atoms with Gasteiger partial charge in [-0.15, -0.1) is 0 Å². The summed E-state index contributed by atoms with van der Waals surface area (Å²) in [6, 6.07) is 12.9. The van der Waals surface area contributed by atoms with Gasteiger partial charge in [-0.3, -0.25) is 19.6 Å². The number of aryl methyl sites for hydroxylation is 1. The number of anilines is 1. The molecule has 146 valence electrons. The van der Waals surface area contributed by atoms with Gasteiger partial charge in [0.2, 0.25) is 0 Å². The van der Waals surface area contributed by atoms with Crippen molar-refractivity contribution in [3.8, 4) is 0 Å². The van der Waals surface area contributed by atoms with Gasteiger partial charge in [0.25, 0.3) is 0 Å². The van der Waals surface area contributed by atoms with Crippen LogP contribution in [0.1, 0.15) is 39.2 Å². The number of nitrogen functional groups attached to an aromatic ring is 1. The largest absolute Gasteiger partial charge is 0.398 e. The van der Waals surface area contributed by atoms with Gasteiger partial charge in [-0.2, -0.15) is 0 Å². The summed E-state index contributed by atoms with van der Waals surface area (Å²) in [6.07, 6.45) is 9.57. The van der Waals surface area contributed by atoms with Gasteiger partial charge in [0.15, 0.2) is 5.78 Å². The Morgan fingerprint density at radius 2 is 1.93 bits per heavy atom. The molecule has 3 rings (SSSR count). The summed E-state index contributed by atoms with van der Waals surface area (Å²) >= 11 is 0. The minimum atomic E-state index is -0.0992. The fourth-order valence-corrected chi connectivity index (χ4v) is 2.93. The number of nitrogens with zero attached hydrogens (tertiary/aromatic N) is 2. The van der Waals surface area contributed by atoms with Crippen molar-refractivity contribution in [3.05, 3.63) is 95.1 Å². The summed E-state index contributed by atoms with van der Waals surface area (Å²) in [6.45, 7) is 1.96. The molecule has 1 aromatic carbocycles. The molecular formula is C24H23N3O2. The molecule has 0 saturated heterocycles. The zero-order valence-electron chi connectivity index (χ0n) is 16.3. The molecule has 0 atom stereocenters. The molecule has 3 aromatic rings. The van der Waals surface area contributed by atoms with E-state index in [0.29, 0.717) is 17.8 Å². The number of rotatable bonds is 8. The van der Waals surface area contributed by atoms with Crippen molar-refractivity contribution in [3.63, 3.8) is 0 Å². The number of ketones is 2. The quantitative estimate of drug-likeness (QED) is 0.468.